The summed E-state index contributed by atoms with van der Waals surface area (Å²) in [6.45, 7) is 2.42. The van der Waals surface area contributed by atoms with Crippen LogP contribution in [0.15, 0.2) is 76.7 Å². The van der Waals surface area contributed by atoms with Gasteiger partial charge in [0.1, 0.15) is 24.1 Å². The molecule has 2 aromatic heterocycles. The Hall–Kier alpha value is -4.47. The summed E-state index contributed by atoms with van der Waals surface area (Å²) in [5.41, 5.74) is 0.765. The summed E-state index contributed by atoms with van der Waals surface area (Å²) in [5.74, 6) is -0.251. The number of nitrogens with zero attached hydrogens (tertiary/aromatic N) is 7. The van der Waals surface area contributed by atoms with E-state index in [2.05, 4.69) is 4.98 Å². The number of aromatic nitrogens is 3. The highest BCUT2D eigenvalue weighted by Crippen LogP contribution is 2.31. The van der Waals surface area contributed by atoms with E-state index in [0.717, 1.165) is 17.9 Å². The van der Waals surface area contributed by atoms with Gasteiger partial charge in [-0.2, -0.15) is 5.10 Å². The fraction of sp³-hybridized carbons (Fsp3) is 0.405. The first-order valence-corrected chi connectivity index (χ1v) is 19.6. The van der Waals surface area contributed by atoms with Crippen LogP contribution in [0.3, 0.4) is 0 Å². The topological polar surface area (TPSA) is 121 Å². The molecular formula is C37H42FN7O5S2. The number of benzene rings is 2. The van der Waals surface area contributed by atoms with E-state index in [4.69, 9.17) is 9.84 Å². The average molecular weight is 748 g/mol. The van der Waals surface area contributed by atoms with E-state index in [1.165, 1.54) is 43.3 Å². The van der Waals surface area contributed by atoms with Crippen LogP contribution in [-0.4, -0.2) is 118 Å². The molecule has 6 rings (SSSR count). The van der Waals surface area contributed by atoms with Gasteiger partial charge in [0.25, 0.3) is 11.5 Å². The van der Waals surface area contributed by atoms with Gasteiger partial charge in [-0.05, 0) is 73.6 Å². The summed E-state index contributed by atoms with van der Waals surface area (Å²) in [5, 5.41) is 6.64. The molecule has 1 saturated carbocycles. The van der Waals surface area contributed by atoms with Crippen LogP contribution < -0.4 is 5.56 Å². The van der Waals surface area contributed by atoms with Gasteiger partial charge in [-0.1, -0.05) is 41.1 Å². The second-order valence-corrected chi connectivity index (χ2v) is 15.5. The number of likely N-dealkylation sites (N-methyl/N-ethyl adjacent to an activating group) is 1. The summed E-state index contributed by atoms with van der Waals surface area (Å²) < 4.78 is 22.0. The Bertz CT molecular complexity index is 1950. The third-order valence-corrected chi connectivity index (χ3v) is 11.2. The molecule has 52 heavy (non-hydrogen) atoms. The number of piperazine rings is 1. The lowest BCUT2D eigenvalue weighted by Crippen LogP contribution is -2.51. The fourth-order valence-electron chi connectivity index (χ4n) is 5.91. The number of carbonyl (C=O) groups excluding carboxylic acids is 3. The molecule has 2 fully saturated rings. The first-order chi connectivity index (χ1) is 25.2. The summed E-state index contributed by atoms with van der Waals surface area (Å²) >= 11 is 0. The Labute approximate surface area is 309 Å². The van der Waals surface area contributed by atoms with E-state index < -0.39 is 17.8 Å². The van der Waals surface area contributed by atoms with Gasteiger partial charge in [0, 0.05) is 68.9 Å². The first-order valence-electron chi connectivity index (χ1n) is 17.3. The van der Waals surface area contributed by atoms with Crippen LogP contribution in [0.25, 0.3) is 10.8 Å². The minimum atomic E-state index is -0.628. The van der Waals surface area contributed by atoms with Crippen molar-refractivity contribution in [1.29, 1.82) is 0 Å². The largest absolute Gasteiger partial charge is 0.448 e. The molecule has 274 valence electrons. The van der Waals surface area contributed by atoms with Gasteiger partial charge in [0.05, 0.1) is 16.6 Å². The van der Waals surface area contributed by atoms with Crippen LogP contribution >= 0.6 is 21.6 Å². The first kappa shape index (κ1) is 37.3. The number of hydrogen-bond acceptors (Lipinski definition) is 10. The number of amides is 3. The highest BCUT2D eigenvalue weighted by atomic mass is 33.1. The SMILES string of the molecule is CN(C)CCN(Cn1nc(Cc2ccc(F)c(C(=O)N3CCN(C(=O)C4CC4)CC3)c2)c2ccccc2c1=O)C(=O)OCCSSc1ccccn1. The second-order valence-electron chi connectivity index (χ2n) is 13.1. The van der Waals surface area contributed by atoms with Crippen LogP contribution in [0, 0.1) is 11.7 Å². The van der Waals surface area contributed by atoms with Gasteiger partial charge in [-0.25, -0.2) is 18.9 Å². The molecule has 0 unspecified atom stereocenters. The maximum Gasteiger partial charge on any atom is 0.411 e. The summed E-state index contributed by atoms with van der Waals surface area (Å²) in [6, 6.07) is 17.2. The molecule has 0 bridgehead atoms. The fourth-order valence-corrected chi connectivity index (χ4v) is 7.62. The van der Waals surface area contributed by atoms with Crippen LogP contribution in [0.5, 0.6) is 0 Å². The molecule has 0 spiro atoms. The third-order valence-electron chi connectivity index (χ3n) is 8.94. The Kier molecular flexibility index (Phi) is 12.5. The van der Waals surface area contributed by atoms with E-state index in [1.54, 1.807) is 40.3 Å². The number of rotatable bonds is 14. The number of hydrogen-bond donors (Lipinski definition) is 0. The van der Waals surface area contributed by atoms with Crippen LogP contribution in [0.4, 0.5) is 9.18 Å². The molecule has 3 amide bonds. The molecule has 2 aromatic carbocycles. The average Bonchev–Trinajstić information content (AvgIpc) is 4.01. The number of ether oxygens (including phenoxy) is 1. The van der Waals surface area contributed by atoms with Gasteiger partial charge in [0.2, 0.25) is 5.91 Å². The van der Waals surface area contributed by atoms with Gasteiger partial charge in [0.15, 0.2) is 0 Å². The highest BCUT2D eigenvalue weighted by Gasteiger charge is 2.35. The third kappa shape index (κ3) is 9.49. The number of fused-ring (bicyclic) bond motifs is 1. The molecule has 12 nitrogen and oxygen atoms in total. The second kappa shape index (κ2) is 17.4. The van der Waals surface area contributed by atoms with Crippen LogP contribution in [0.2, 0.25) is 0 Å². The Morgan fingerprint density at radius 1 is 0.942 bits per heavy atom. The minimum absolute atomic E-state index is 0.0497. The van der Waals surface area contributed by atoms with Crippen LogP contribution in [0.1, 0.15) is 34.5 Å². The quantitative estimate of drug-likeness (QED) is 0.134. The van der Waals surface area contributed by atoms with Crippen molar-refractivity contribution in [1.82, 2.24) is 34.4 Å². The predicted molar refractivity (Wildman–Crippen MR) is 200 cm³/mol. The normalized spacial score (nSPS) is 14.5. The predicted octanol–water partition coefficient (Wildman–Crippen LogP) is 4.61. The van der Waals surface area contributed by atoms with Crippen LogP contribution in [-0.2, 0) is 22.6 Å². The standard InChI is InChI=1S/C37H42FN7O5S2/c1-41(2)15-16-44(37(49)50-21-22-51-52-33-9-5-6-14-39-33)25-45-36(48)29-8-4-3-7-28(29)32(40-45)24-26-10-13-31(38)30(23-26)35(47)43-19-17-42(18-20-43)34(46)27-11-12-27/h3-10,13-14,23,27H,11-12,15-22,24-25H2,1-2H3. The molecule has 4 aromatic rings. The van der Waals surface area contributed by atoms with Crippen molar-refractivity contribution in [3.63, 3.8) is 0 Å². The molecule has 0 atom stereocenters. The summed E-state index contributed by atoms with van der Waals surface area (Å²) in [4.78, 5) is 64.0. The lowest BCUT2D eigenvalue weighted by molar-refractivity contribution is -0.134. The molecule has 2 aliphatic rings. The Balaban J connectivity index is 1.17. The number of halogens is 1. The molecule has 0 N–H and O–H groups in total. The van der Waals surface area contributed by atoms with Gasteiger partial charge in [-0.3, -0.25) is 19.3 Å². The van der Waals surface area contributed by atoms with E-state index in [9.17, 15) is 19.2 Å². The zero-order valence-corrected chi connectivity index (χ0v) is 30.9. The molecule has 3 heterocycles. The van der Waals surface area contributed by atoms with Crippen molar-refractivity contribution < 1.29 is 23.5 Å². The van der Waals surface area contributed by atoms with Crippen molar-refractivity contribution >= 4 is 50.3 Å². The summed E-state index contributed by atoms with van der Waals surface area (Å²) in [7, 11) is 6.81. The molecule has 0 radical (unpaired) electrons. The van der Waals surface area contributed by atoms with Gasteiger partial charge < -0.3 is 19.4 Å². The summed E-state index contributed by atoms with van der Waals surface area (Å²) in [6.07, 6.45) is 3.21. The molecule has 1 aliphatic carbocycles. The van der Waals surface area contributed by atoms with Gasteiger partial charge in [-0.15, -0.1) is 0 Å². The lowest BCUT2D eigenvalue weighted by Gasteiger charge is -2.35. The zero-order valence-electron chi connectivity index (χ0n) is 29.3. The van der Waals surface area contributed by atoms with E-state index in [0.29, 0.717) is 67.1 Å². The molecule has 15 heteroatoms. The molecular weight excluding hydrogens is 706 g/mol. The monoisotopic (exact) mass is 747 g/mol. The maximum absolute atomic E-state index is 15.1. The van der Waals surface area contributed by atoms with Crippen molar-refractivity contribution in [2.24, 2.45) is 5.92 Å². The minimum Gasteiger partial charge on any atom is -0.448 e. The highest BCUT2D eigenvalue weighted by molar-refractivity contribution is 8.76. The van der Waals surface area contributed by atoms with E-state index in [1.807, 2.05) is 43.3 Å². The van der Waals surface area contributed by atoms with Crippen molar-refractivity contribution in [2.45, 2.75) is 31.0 Å². The van der Waals surface area contributed by atoms with Crippen molar-refractivity contribution in [2.75, 3.05) is 65.7 Å². The van der Waals surface area contributed by atoms with E-state index in [-0.39, 0.29) is 42.6 Å². The Morgan fingerprint density at radius 2 is 1.67 bits per heavy atom. The smallest absolute Gasteiger partial charge is 0.411 e. The van der Waals surface area contributed by atoms with Crippen molar-refractivity contribution in [3.8, 4) is 0 Å². The Morgan fingerprint density at radius 3 is 2.38 bits per heavy atom. The van der Waals surface area contributed by atoms with E-state index >= 15 is 4.39 Å². The molecule has 1 aliphatic heterocycles. The zero-order chi connectivity index (χ0) is 36.6. The molecule has 1 saturated heterocycles. The lowest BCUT2D eigenvalue weighted by atomic mass is 10.0. The van der Waals surface area contributed by atoms with Crippen molar-refractivity contribution in [3.05, 3.63) is 99.9 Å². The number of pyridine rings is 1. The maximum atomic E-state index is 15.1. The number of carbonyl (C=O) groups is 3. The van der Waals surface area contributed by atoms with Gasteiger partial charge >= 0.3 is 6.09 Å².